The molecule has 0 fully saturated rings. The zero-order valence-corrected chi connectivity index (χ0v) is 14.2. The summed E-state index contributed by atoms with van der Waals surface area (Å²) in [6, 6.07) is 9.22. The molecule has 2 rings (SSSR count). The highest BCUT2D eigenvalue weighted by Gasteiger charge is 2.15. The molecule has 0 aliphatic rings. The van der Waals surface area contributed by atoms with E-state index in [1.807, 2.05) is 23.6 Å². The number of hydrogen-bond acceptors (Lipinski definition) is 3. The Kier molecular flexibility index (Phi) is 5.54. The van der Waals surface area contributed by atoms with E-state index in [1.165, 1.54) is 4.70 Å². The zero-order valence-electron chi connectivity index (χ0n) is 13.4. The molecule has 1 heterocycles. The van der Waals surface area contributed by atoms with Crippen LogP contribution in [0.2, 0.25) is 0 Å². The van der Waals surface area contributed by atoms with Crippen molar-refractivity contribution in [1.29, 1.82) is 0 Å². The molecule has 0 saturated carbocycles. The largest absolute Gasteiger partial charge is 0.299 e. The summed E-state index contributed by atoms with van der Waals surface area (Å²) in [6.07, 6.45) is 1.57. The van der Waals surface area contributed by atoms with Crippen molar-refractivity contribution < 1.29 is 4.79 Å². The summed E-state index contributed by atoms with van der Waals surface area (Å²) < 4.78 is 1.20. The molecule has 0 bridgehead atoms. The van der Waals surface area contributed by atoms with Gasteiger partial charge in [0.15, 0.2) is 5.78 Å². The van der Waals surface area contributed by atoms with Crippen molar-refractivity contribution in [3.05, 3.63) is 35.2 Å². The number of benzene rings is 1. The molecule has 0 N–H and O–H groups in total. The van der Waals surface area contributed by atoms with Crippen molar-refractivity contribution in [2.24, 2.45) is 0 Å². The lowest BCUT2D eigenvalue weighted by Crippen LogP contribution is -2.37. The second-order valence-electron chi connectivity index (χ2n) is 6.10. The fourth-order valence-electron chi connectivity index (χ4n) is 2.86. The van der Waals surface area contributed by atoms with Crippen LogP contribution in [0.5, 0.6) is 0 Å². The Hall–Kier alpha value is -1.19. The average Bonchev–Trinajstić information content (AvgIpc) is 2.86. The molecule has 3 heteroatoms. The van der Waals surface area contributed by atoms with Crippen molar-refractivity contribution in [2.75, 3.05) is 6.54 Å². The van der Waals surface area contributed by atoms with Gasteiger partial charge in [-0.15, -0.1) is 11.3 Å². The molecule has 0 amide bonds. The SMILES string of the molecule is CC(C)N(CCCC(=O)c1csc2ccccc12)C(C)C. The number of nitrogens with zero attached hydrogens (tertiary/aromatic N) is 1. The zero-order chi connectivity index (χ0) is 15.4. The van der Waals surface area contributed by atoms with E-state index in [-0.39, 0.29) is 5.78 Å². The highest BCUT2D eigenvalue weighted by Crippen LogP contribution is 2.26. The first-order valence-electron chi connectivity index (χ1n) is 7.76. The Morgan fingerprint density at radius 2 is 1.81 bits per heavy atom. The van der Waals surface area contributed by atoms with Gasteiger partial charge in [-0.05, 0) is 46.7 Å². The van der Waals surface area contributed by atoms with E-state index in [9.17, 15) is 4.79 Å². The highest BCUT2D eigenvalue weighted by atomic mass is 32.1. The maximum absolute atomic E-state index is 12.4. The minimum Gasteiger partial charge on any atom is -0.299 e. The van der Waals surface area contributed by atoms with Crippen LogP contribution in [0.15, 0.2) is 29.6 Å². The molecule has 2 aromatic rings. The van der Waals surface area contributed by atoms with Crippen LogP contribution in [0, 0.1) is 0 Å². The van der Waals surface area contributed by atoms with Gasteiger partial charge in [-0.3, -0.25) is 9.69 Å². The average molecular weight is 303 g/mol. The molecule has 1 aromatic carbocycles. The van der Waals surface area contributed by atoms with E-state index >= 15 is 0 Å². The van der Waals surface area contributed by atoms with Gasteiger partial charge in [-0.1, -0.05) is 18.2 Å². The number of hydrogen-bond donors (Lipinski definition) is 0. The van der Waals surface area contributed by atoms with Gasteiger partial charge < -0.3 is 0 Å². The number of Topliss-reactive ketones (excluding diaryl/α,β-unsaturated/α-hetero) is 1. The van der Waals surface area contributed by atoms with E-state index in [0.29, 0.717) is 18.5 Å². The Morgan fingerprint density at radius 3 is 2.48 bits per heavy atom. The molecule has 0 unspecified atom stereocenters. The lowest BCUT2D eigenvalue weighted by atomic mass is 10.1. The van der Waals surface area contributed by atoms with E-state index < -0.39 is 0 Å². The topological polar surface area (TPSA) is 20.3 Å². The minimum atomic E-state index is 0.278. The summed E-state index contributed by atoms with van der Waals surface area (Å²) in [4.78, 5) is 14.9. The molecule has 0 spiro atoms. The molecular weight excluding hydrogens is 278 g/mol. The van der Waals surface area contributed by atoms with Crippen molar-refractivity contribution in [1.82, 2.24) is 4.90 Å². The van der Waals surface area contributed by atoms with Crippen LogP contribution in [0.4, 0.5) is 0 Å². The number of thiophene rings is 1. The van der Waals surface area contributed by atoms with Gasteiger partial charge in [0, 0.05) is 39.5 Å². The molecule has 114 valence electrons. The molecule has 1 aromatic heterocycles. The summed E-state index contributed by atoms with van der Waals surface area (Å²) in [7, 11) is 0. The van der Waals surface area contributed by atoms with Gasteiger partial charge in [0.1, 0.15) is 0 Å². The summed E-state index contributed by atoms with van der Waals surface area (Å²) in [5, 5.41) is 3.12. The number of carbonyl (C=O) groups excluding carboxylic acids is 1. The van der Waals surface area contributed by atoms with Crippen LogP contribution in [0.3, 0.4) is 0 Å². The van der Waals surface area contributed by atoms with Crippen molar-refractivity contribution in [3.63, 3.8) is 0 Å². The Bertz CT molecular complexity index is 592. The fourth-order valence-corrected chi connectivity index (χ4v) is 3.83. The lowest BCUT2D eigenvalue weighted by molar-refractivity contribution is 0.0967. The maximum Gasteiger partial charge on any atom is 0.164 e. The second kappa shape index (κ2) is 7.19. The smallest absolute Gasteiger partial charge is 0.164 e. The molecule has 21 heavy (non-hydrogen) atoms. The molecule has 0 atom stereocenters. The summed E-state index contributed by atoms with van der Waals surface area (Å²) in [5.41, 5.74) is 0.899. The third-order valence-electron chi connectivity index (χ3n) is 3.93. The highest BCUT2D eigenvalue weighted by molar-refractivity contribution is 7.17. The number of fused-ring (bicyclic) bond motifs is 1. The second-order valence-corrected chi connectivity index (χ2v) is 7.01. The van der Waals surface area contributed by atoms with E-state index in [4.69, 9.17) is 0 Å². The van der Waals surface area contributed by atoms with Gasteiger partial charge >= 0.3 is 0 Å². The molecule has 0 saturated heterocycles. The van der Waals surface area contributed by atoms with Gasteiger partial charge in [-0.2, -0.15) is 0 Å². The first-order chi connectivity index (χ1) is 10.0. The molecule has 0 aliphatic heterocycles. The summed E-state index contributed by atoms with van der Waals surface area (Å²) >= 11 is 1.66. The van der Waals surface area contributed by atoms with Crippen LogP contribution in [-0.2, 0) is 0 Å². The van der Waals surface area contributed by atoms with E-state index in [2.05, 4.69) is 38.7 Å². The van der Waals surface area contributed by atoms with Crippen LogP contribution >= 0.6 is 11.3 Å². The van der Waals surface area contributed by atoms with Gasteiger partial charge in [0.05, 0.1) is 0 Å². The Balaban J connectivity index is 1.96. The maximum atomic E-state index is 12.4. The third-order valence-corrected chi connectivity index (χ3v) is 4.89. The van der Waals surface area contributed by atoms with Gasteiger partial charge in [0.25, 0.3) is 0 Å². The molecular formula is C18H25NOS. The van der Waals surface area contributed by atoms with Gasteiger partial charge in [0.2, 0.25) is 0 Å². The monoisotopic (exact) mass is 303 g/mol. The standard InChI is InChI=1S/C18H25NOS/c1-13(2)19(14(3)4)11-7-9-17(20)16-12-21-18-10-6-5-8-15(16)18/h5-6,8,10,12-14H,7,9,11H2,1-4H3. The van der Waals surface area contributed by atoms with Crippen molar-refractivity contribution in [3.8, 4) is 0 Å². The fraction of sp³-hybridized carbons (Fsp3) is 0.500. The molecule has 0 radical (unpaired) electrons. The lowest BCUT2D eigenvalue weighted by Gasteiger charge is -2.30. The minimum absolute atomic E-state index is 0.278. The Morgan fingerprint density at radius 1 is 1.14 bits per heavy atom. The quantitative estimate of drug-likeness (QED) is 0.672. The van der Waals surface area contributed by atoms with Crippen LogP contribution < -0.4 is 0 Å². The summed E-state index contributed by atoms with van der Waals surface area (Å²) in [5.74, 6) is 0.278. The van der Waals surface area contributed by atoms with E-state index in [0.717, 1.165) is 23.9 Å². The van der Waals surface area contributed by atoms with Crippen molar-refractivity contribution >= 4 is 27.2 Å². The van der Waals surface area contributed by atoms with E-state index in [1.54, 1.807) is 11.3 Å². The number of rotatable bonds is 7. The predicted molar refractivity (Wildman–Crippen MR) is 92.4 cm³/mol. The summed E-state index contributed by atoms with van der Waals surface area (Å²) in [6.45, 7) is 9.86. The predicted octanol–water partition coefficient (Wildman–Crippen LogP) is 4.98. The van der Waals surface area contributed by atoms with Crippen LogP contribution in [0.1, 0.15) is 50.9 Å². The van der Waals surface area contributed by atoms with Gasteiger partial charge in [-0.25, -0.2) is 0 Å². The van der Waals surface area contributed by atoms with Crippen molar-refractivity contribution in [2.45, 2.75) is 52.6 Å². The van der Waals surface area contributed by atoms with Crippen LogP contribution in [0.25, 0.3) is 10.1 Å². The first-order valence-corrected chi connectivity index (χ1v) is 8.64. The Labute approximate surface area is 131 Å². The van der Waals surface area contributed by atoms with Crippen LogP contribution in [-0.4, -0.2) is 29.3 Å². The first kappa shape index (κ1) is 16.2. The molecule has 0 aliphatic carbocycles. The normalized spacial score (nSPS) is 12.0. The molecule has 2 nitrogen and oxygen atoms in total. The third kappa shape index (κ3) is 3.92. The number of ketones is 1. The number of carbonyl (C=O) groups is 1.